The Labute approximate surface area is 124 Å². The highest BCUT2D eigenvalue weighted by molar-refractivity contribution is 5.48. The first-order chi connectivity index (χ1) is 10.2. The fourth-order valence-corrected chi connectivity index (χ4v) is 2.26. The number of benzene rings is 2. The van der Waals surface area contributed by atoms with Crippen LogP contribution < -0.4 is 14.8 Å². The third kappa shape index (κ3) is 3.73. The van der Waals surface area contributed by atoms with Gasteiger partial charge in [-0.1, -0.05) is 13.0 Å². The van der Waals surface area contributed by atoms with E-state index < -0.39 is 0 Å². The molecular formula is C17H20FNO2. The van der Waals surface area contributed by atoms with E-state index >= 15 is 0 Å². The molecule has 0 bridgehead atoms. The van der Waals surface area contributed by atoms with Crippen molar-refractivity contribution < 1.29 is 13.9 Å². The molecule has 1 unspecified atom stereocenters. The van der Waals surface area contributed by atoms with Gasteiger partial charge < -0.3 is 14.8 Å². The number of rotatable bonds is 6. The number of hydrogen-bond donors (Lipinski definition) is 1. The van der Waals surface area contributed by atoms with Crippen molar-refractivity contribution in [3.8, 4) is 17.2 Å². The van der Waals surface area contributed by atoms with E-state index in [1.807, 2.05) is 25.1 Å². The van der Waals surface area contributed by atoms with Gasteiger partial charge in [-0.05, 0) is 49.9 Å². The fraction of sp³-hybridized carbons (Fsp3) is 0.294. The van der Waals surface area contributed by atoms with Gasteiger partial charge in [-0.3, -0.25) is 0 Å². The van der Waals surface area contributed by atoms with Gasteiger partial charge in [0.2, 0.25) is 0 Å². The largest absolute Gasteiger partial charge is 0.496 e. The molecule has 0 saturated carbocycles. The fourth-order valence-electron chi connectivity index (χ4n) is 2.26. The van der Waals surface area contributed by atoms with Crippen LogP contribution in [0.15, 0.2) is 42.5 Å². The molecule has 2 aromatic rings. The summed E-state index contributed by atoms with van der Waals surface area (Å²) in [5.41, 5.74) is 0.950. The van der Waals surface area contributed by atoms with E-state index in [0.717, 1.165) is 17.9 Å². The first kappa shape index (κ1) is 15.3. The predicted octanol–water partition coefficient (Wildman–Crippen LogP) is 4.30. The van der Waals surface area contributed by atoms with Gasteiger partial charge in [-0.2, -0.15) is 0 Å². The lowest BCUT2D eigenvalue weighted by atomic mass is 10.1. The molecule has 3 nitrogen and oxygen atoms in total. The van der Waals surface area contributed by atoms with Crippen LogP contribution >= 0.6 is 0 Å². The van der Waals surface area contributed by atoms with Crippen molar-refractivity contribution in [2.24, 2.45) is 0 Å². The van der Waals surface area contributed by atoms with Gasteiger partial charge in [0, 0.05) is 6.04 Å². The average molecular weight is 289 g/mol. The molecule has 21 heavy (non-hydrogen) atoms. The van der Waals surface area contributed by atoms with Gasteiger partial charge in [0.15, 0.2) is 0 Å². The summed E-state index contributed by atoms with van der Waals surface area (Å²) in [5, 5.41) is 3.35. The smallest absolute Gasteiger partial charge is 0.135 e. The molecule has 2 aromatic carbocycles. The number of methoxy groups -OCH3 is 1. The third-order valence-corrected chi connectivity index (χ3v) is 3.23. The van der Waals surface area contributed by atoms with Crippen LogP contribution in [-0.4, -0.2) is 13.7 Å². The van der Waals surface area contributed by atoms with Gasteiger partial charge >= 0.3 is 0 Å². The Kier molecular flexibility index (Phi) is 5.17. The van der Waals surface area contributed by atoms with Crippen molar-refractivity contribution >= 4 is 0 Å². The van der Waals surface area contributed by atoms with Crippen LogP contribution in [0.3, 0.4) is 0 Å². The Morgan fingerprint density at radius 3 is 2.38 bits per heavy atom. The van der Waals surface area contributed by atoms with Gasteiger partial charge in [0.25, 0.3) is 0 Å². The van der Waals surface area contributed by atoms with Gasteiger partial charge in [0.1, 0.15) is 23.1 Å². The minimum absolute atomic E-state index is 0.0848. The zero-order valence-electron chi connectivity index (χ0n) is 12.5. The average Bonchev–Trinajstić information content (AvgIpc) is 2.49. The van der Waals surface area contributed by atoms with E-state index in [-0.39, 0.29) is 11.9 Å². The minimum Gasteiger partial charge on any atom is -0.496 e. The Bertz CT molecular complexity index is 584. The molecule has 0 fully saturated rings. The van der Waals surface area contributed by atoms with Crippen LogP contribution in [0.2, 0.25) is 0 Å². The molecule has 0 aliphatic heterocycles. The zero-order valence-corrected chi connectivity index (χ0v) is 12.5. The van der Waals surface area contributed by atoms with Gasteiger partial charge in [-0.25, -0.2) is 4.39 Å². The van der Waals surface area contributed by atoms with Crippen LogP contribution in [0, 0.1) is 5.82 Å². The lowest BCUT2D eigenvalue weighted by molar-refractivity contribution is 0.391. The van der Waals surface area contributed by atoms with Crippen LogP contribution in [0.5, 0.6) is 17.2 Å². The lowest BCUT2D eigenvalue weighted by Gasteiger charge is -2.20. The molecular weight excluding hydrogens is 269 g/mol. The maximum absolute atomic E-state index is 13.0. The number of ether oxygens (including phenoxy) is 2. The Hall–Kier alpha value is -2.07. The highest BCUT2D eigenvalue weighted by Gasteiger charge is 2.17. The normalized spacial score (nSPS) is 12.0. The van der Waals surface area contributed by atoms with Crippen LogP contribution in [0.4, 0.5) is 4.39 Å². The quantitative estimate of drug-likeness (QED) is 0.860. The van der Waals surface area contributed by atoms with E-state index in [2.05, 4.69) is 12.2 Å². The number of nitrogens with one attached hydrogen (secondary N) is 1. The molecule has 0 heterocycles. The number of halogens is 1. The maximum atomic E-state index is 13.0. The monoisotopic (exact) mass is 289 g/mol. The molecule has 4 heteroatoms. The summed E-state index contributed by atoms with van der Waals surface area (Å²) in [7, 11) is 1.64. The molecule has 0 aromatic heterocycles. The van der Waals surface area contributed by atoms with Gasteiger partial charge in [0.05, 0.1) is 12.7 Å². The van der Waals surface area contributed by atoms with Gasteiger partial charge in [-0.15, -0.1) is 0 Å². The summed E-state index contributed by atoms with van der Waals surface area (Å²) in [6, 6.07) is 11.7. The predicted molar refractivity (Wildman–Crippen MR) is 81.6 cm³/mol. The zero-order chi connectivity index (χ0) is 15.2. The summed E-state index contributed by atoms with van der Waals surface area (Å²) in [6.45, 7) is 4.94. The Morgan fingerprint density at radius 1 is 1.10 bits per heavy atom. The first-order valence-electron chi connectivity index (χ1n) is 6.99. The van der Waals surface area contributed by atoms with E-state index in [1.54, 1.807) is 19.2 Å². The summed E-state index contributed by atoms with van der Waals surface area (Å²) < 4.78 is 24.3. The molecule has 0 spiro atoms. The van der Waals surface area contributed by atoms with Crippen molar-refractivity contribution in [1.29, 1.82) is 0 Å². The topological polar surface area (TPSA) is 30.5 Å². The van der Waals surface area contributed by atoms with Crippen LogP contribution in [0.25, 0.3) is 0 Å². The standard InChI is InChI=1S/C17H20FNO2/c1-4-19-12(2)17-15(20-3)6-5-7-16(17)21-14-10-8-13(18)9-11-14/h5-12,19H,4H2,1-3H3. The van der Waals surface area contributed by atoms with Crippen molar-refractivity contribution in [2.75, 3.05) is 13.7 Å². The Morgan fingerprint density at radius 2 is 1.76 bits per heavy atom. The Balaban J connectivity index is 2.35. The van der Waals surface area contributed by atoms with Crippen LogP contribution in [0.1, 0.15) is 25.5 Å². The summed E-state index contributed by atoms with van der Waals surface area (Å²) in [6.07, 6.45) is 0. The molecule has 1 atom stereocenters. The highest BCUT2D eigenvalue weighted by Crippen LogP contribution is 2.36. The van der Waals surface area contributed by atoms with Crippen molar-refractivity contribution in [3.05, 3.63) is 53.8 Å². The summed E-state index contributed by atoms with van der Waals surface area (Å²) >= 11 is 0. The SMILES string of the molecule is CCNC(C)c1c(OC)cccc1Oc1ccc(F)cc1. The van der Waals surface area contributed by atoms with Crippen molar-refractivity contribution in [1.82, 2.24) is 5.32 Å². The maximum Gasteiger partial charge on any atom is 0.135 e. The molecule has 0 aliphatic rings. The second-order valence-electron chi connectivity index (χ2n) is 4.71. The second-order valence-corrected chi connectivity index (χ2v) is 4.71. The van der Waals surface area contributed by atoms with E-state index in [1.165, 1.54) is 12.1 Å². The van der Waals surface area contributed by atoms with Crippen molar-refractivity contribution in [2.45, 2.75) is 19.9 Å². The summed E-state index contributed by atoms with van der Waals surface area (Å²) in [4.78, 5) is 0. The van der Waals surface area contributed by atoms with E-state index in [0.29, 0.717) is 11.5 Å². The molecule has 2 rings (SSSR count). The molecule has 0 amide bonds. The molecule has 112 valence electrons. The molecule has 0 radical (unpaired) electrons. The number of hydrogen-bond acceptors (Lipinski definition) is 3. The summed E-state index contributed by atoms with van der Waals surface area (Å²) in [5.74, 6) is 1.78. The van der Waals surface area contributed by atoms with Crippen LogP contribution in [-0.2, 0) is 0 Å². The molecule has 1 N–H and O–H groups in total. The van der Waals surface area contributed by atoms with Crippen molar-refractivity contribution in [3.63, 3.8) is 0 Å². The van der Waals surface area contributed by atoms with E-state index in [9.17, 15) is 4.39 Å². The molecule has 0 saturated heterocycles. The highest BCUT2D eigenvalue weighted by atomic mass is 19.1. The molecule has 0 aliphatic carbocycles. The minimum atomic E-state index is -0.283. The van der Waals surface area contributed by atoms with E-state index in [4.69, 9.17) is 9.47 Å². The second kappa shape index (κ2) is 7.09. The third-order valence-electron chi connectivity index (χ3n) is 3.23. The lowest BCUT2D eigenvalue weighted by Crippen LogP contribution is -2.19. The first-order valence-corrected chi connectivity index (χ1v) is 6.99.